The van der Waals surface area contributed by atoms with Crippen LogP contribution in [0.2, 0.25) is 0 Å². The van der Waals surface area contributed by atoms with E-state index in [4.69, 9.17) is 4.99 Å². The van der Waals surface area contributed by atoms with Crippen molar-refractivity contribution in [2.75, 3.05) is 18.9 Å². The van der Waals surface area contributed by atoms with Crippen LogP contribution in [-0.4, -0.2) is 34.9 Å². The zero-order chi connectivity index (χ0) is 19.6. The van der Waals surface area contributed by atoms with E-state index in [0.717, 1.165) is 36.7 Å². The lowest BCUT2D eigenvalue weighted by Crippen LogP contribution is -2.38. The molecule has 2 N–H and O–H groups in total. The van der Waals surface area contributed by atoms with Crippen LogP contribution in [0.4, 0.5) is 5.69 Å². The summed E-state index contributed by atoms with van der Waals surface area (Å²) in [6.45, 7) is 6.26. The molecule has 2 rings (SSSR count). The first kappa shape index (κ1) is 20.6. The van der Waals surface area contributed by atoms with Crippen molar-refractivity contribution in [2.24, 2.45) is 12.0 Å². The fraction of sp³-hybridized carbons (Fsp3) is 0.429. The van der Waals surface area contributed by atoms with Gasteiger partial charge in [0, 0.05) is 44.6 Å². The summed E-state index contributed by atoms with van der Waals surface area (Å²) in [7, 11) is 4.09. The largest absolute Gasteiger partial charge is 0.357 e. The molecule has 27 heavy (non-hydrogen) atoms. The average molecular weight is 370 g/mol. The second-order valence-electron chi connectivity index (χ2n) is 6.63. The molecule has 0 saturated carbocycles. The first-order chi connectivity index (χ1) is 13.0. The Morgan fingerprint density at radius 2 is 1.93 bits per heavy atom. The number of amides is 1. The van der Waals surface area contributed by atoms with Crippen LogP contribution >= 0.6 is 0 Å². The van der Waals surface area contributed by atoms with E-state index in [2.05, 4.69) is 33.1 Å². The van der Waals surface area contributed by atoms with Gasteiger partial charge in [-0.25, -0.2) is 4.99 Å². The lowest BCUT2D eigenvalue weighted by molar-refractivity contribution is -0.116. The molecule has 0 aliphatic heterocycles. The van der Waals surface area contributed by atoms with Gasteiger partial charge in [0.1, 0.15) is 0 Å². The maximum atomic E-state index is 11.7. The van der Waals surface area contributed by atoms with Crippen molar-refractivity contribution in [3.8, 4) is 0 Å². The minimum atomic E-state index is 0.0556. The van der Waals surface area contributed by atoms with E-state index in [1.165, 1.54) is 5.69 Å². The molecular weight excluding hydrogens is 338 g/mol. The van der Waals surface area contributed by atoms with Crippen LogP contribution in [-0.2, 0) is 24.9 Å². The Bertz CT molecular complexity index is 748. The van der Waals surface area contributed by atoms with Gasteiger partial charge in [0.05, 0.1) is 13.1 Å². The molecule has 0 aliphatic carbocycles. The Balaban J connectivity index is 1.99. The molecule has 0 fully saturated rings. The standard InChI is InChI=1S/C21H31N5O/c1-5-8-20(27)24-18-12-10-17(11-13-18)15-23-21(22-6-2)26(4)16-19-9-7-14-25(19)3/h7,9-14H,5-6,8,15-16H2,1-4H3,(H,22,23)(H,24,27). The van der Waals surface area contributed by atoms with E-state index < -0.39 is 0 Å². The van der Waals surface area contributed by atoms with Gasteiger partial charge in [0.15, 0.2) is 5.96 Å². The molecule has 1 amide bonds. The minimum Gasteiger partial charge on any atom is -0.357 e. The quantitative estimate of drug-likeness (QED) is 0.554. The molecule has 0 bridgehead atoms. The Labute approximate surface area is 162 Å². The highest BCUT2D eigenvalue weighted by Crippen LogP contribution is 2.11. The van der Waals surface area contributed by atoms with Crippen molar-refractivity contribution in [2.45, 2.75) is 39.8 Å². The van der Waals surface area contributed by atoms with Gasteiger partial charge < -0.3 is 20.1 Å². The number of hydrogen-bond acceptors (Lipinski definition) is 2. The molecule has 0 atom stereocenters. The van der Waals surface area contributed by atoms with Gasteiger partial charge in [-0.3, -0.25) is 4.79 Å². The number of aliphatic imine (C=N–C) groups is 1. The average Bonchev–Trinajstić information content (AvgIpc) is 3.04. The monoisotopic (exact) mass is 369 g/mol. The molecule has 0 radical (unpaired) electrons. The summed E-state index contributed by atoms with van der Waals surface area (Å²) in [5.74, 6) is 0.930. The molecule has 0 unspecified atom stereocenters. The van der Waals surface area contributed by atoms with Crippen LogP contribution in [0.5, 0.6) is 0 Å². The highest BCUT2D eigenvalue weighted by atomic mass is 16.1. The summed E-state index contributed by atoms with van der Waals surface area (Å²) in [6, 6.07) is 12.0. The van der Waals surface area contributed by atoms with Crippen molar-refractivity contribution in [1.29, 1.82) is 0 Å². The van der Waals surface area contributed by atoms with Crippen LogP contribution < -0.4 is 10.6 Å². The van der Waals surface area contributed by atoms with Crippen LogP contribution in [0.3, 0.4) is 0 Å². The predicted octanol–water partition coefficient (Wildman–Crippen LogP) is 3.36. The third kappa shape index (κ3) is 6.47. The maximum Gasteiger partial charge on any atom is 0.224 e. The normalized spacial score (nSPS) is 11.3. The Morgan fingerprint density at radius 1 is 1.19 bits per heavy atom. The molecule has 6 heteroatoms. The Hall–Kier alpha value is -2.76. The van der Waals surface area contributed by atoms with Crippen molar-refractivity contribution < 1.29 is 4.79 Å². The smallest absolute Gasteiger partial charge is 0.224 e. The summed E-state index contributed by atoms with van der Waals surface area (Å²) in [6.07, 6.45) is 3.45. The number of carbonyl (C=O) groups excluding carboxylic acids is 1. The topological polar surface area (TPSA) is 61.7 Å². The van der Waals surface area contributed by atoms with Crippen LogP contribution in [0.1, 0.15) is 37.9 Å². The molecule has 1 aromatic heterocycles. The number of guanidine groups is 1. The number of aromatic nitrogens is 1. The fourth-order valence-electron chi connectivity index (χ4n) is 2.76. The van der Waals surface area contributed by atoms with Crippen molar-refractivity contribution in [3.63, 3.8) is 0 Å². The summed E-state index contributed by atoms with van der Waals surface area (Å²) >= 11 is 0. The second-order valence-corrected chi connectivity index (χ2v) is 6.63. The van der Waals surface area contributed by atoms with E-state index in [1.807, 2.05) is 57.5 Å². The molecule has 146 valence electrons. The van der Waals surface area contributed by atoms with Gasteiger partial charge in [-0.15, -0.1) is 0 Å². The number of nitrogens with one attached hydrogen (secondary N) is 2. The number of nitrogens with zero attached hydrogens (tertiary/aromatic N) is 3. The molecule has 0 saturated heterocycles. The summed E-state index contributed by atoms with van der Waals surface area (Å²) in [4.78, 5) is 18.5. The lowest BCUT2D eigenvalue weighted by atomic mass is 10.2. The van der Waals surface area contributed by atoms with Gasteiger partial charge in [0.2, 0.25) is 5.91 Å². The molecule has 6 nitrogen and oxygen atoms in total. The Morgan fingerprint density at radius 3 is 2.52 bits per heavy atom. The molecule has 0 aliphatic rings. The summed E-state index contributed by atoms with van der Waals surface area (Å²) < 4.78 is 2.12. The highest BCUT2D eigenvalue weighted by Gasteiger charge is 2.08. The number of benzene rings is 1. The Kier molecular flexibility index (Phi) is 7.92. The van der Waals surface area contributed by atoms with E-state index in [0.29, 0.717) is 13.0 Å². The fourth-order valence-corrected chi connectivity index (χ4v) is 2.76. The van der Waals surface area contributed by atoms with Crippen LogP contribution in [0.25, 0.3) is 0 Å². The first-order valence-corrected chi connectivity index (χ1v) is 9.52. The van der Waals surface area contributed by atoms with Gasteiger partial charge in [-0.05, 0) is 43.2 Å². The number of carbonyl (C=O) groups is 1. The van der Waals surface area contributed by atoms with E-state index in [-0.39, 0.29) is 5.91 Å². The van der Waals surface area contributed by atoms with Crippen LogP contribution in [0, 0.1) is 0 Å². The van der Waals surface area contributed by atoms with Gasteiger partial charge >= 0.3 is 0 Å². The minimum absolute atomic E-state index is 0.0556. The van der Waals surface area contributed by atoms with Gasteiger partial charge in [-0.2, -0.15) is 0 Å². The van der Waals surface area contributed by atoms with E-state index in [9.17, 15) is 4.79 Å². The van der Waals surface area contributed by atoms with Gasteiger partial charge in [0.25, 0.3) is 0 Å². The van der Waals surface area contributed by atoms with Crippen molar-refractivity contribution in [3.05, 3.63) is 53.9 Å². The molecule has 1 aromatic carbocycles. The molecule has 1 heterocycles. The third-order valence-electron chi connectivity index (χ3n) is 4.27. The number of anilines is 1. The lowest BCUT2D eigenvalue weighted by Gasteiger charge is -2.22. The number of rotatable bonds is 8. The number of hydrogen-bond donors (Lipinski definition) is 2. The van der Waals surface area contributed by atoms with Crippen molar-refractivity contribution >= 4 is 17.6 Å². The SMILES string of the molecule is CCCC(=O)Nc1ccc(CN=C(NCC)N(C)Cc2cccn2C)cc1. The van der Waals surface area contributed by atoms with Crippen LogP contribution in [0.15, 0.2) is 47.6 Å². The zero-order valence-electron chi connectivity index (χ0n) is 16.8. The molecular formula is C21H31N5O. The van der Waals surface area contributed by atoms with Gasteiger partial charge in [-0.1, -0.05) is 19.1 Å². The molecule has 0 spiro atoms. The van der Waals surface area contributed by atoms with Crippen molar-refractivity contribution in [1.82, 2.24) is 14.8 Å². The third-order valence-corrected chi connectivity index (χ3v) is 4.27. The van der Waals surface area contributed by atoms with E-state index >= 15 is 0 Å². The predicted molar refractivity (Wildman–Crippen MR) is 112 cm³/mol. The first-order valence-electron chi connectivity index (χ1n) is 9.52. The number of aryl methyl sites for hydroxylation is 1. The summed E-state index contributed by atoms with van der Waals surface area (Å²) in [5, 5.41) is 6.25. The molecule has 2 aromatic rings. The summed E-state index contributed by atoms with van der Waals surface area (Å²) in [5.41, 5.74) is 3.16. The maximum absolute atomic E-state index is 11.7. The zero-order valence-corrected chi connectivity index (χ0v) is 16.8. The highest BCUT2D eigenvalue weighted by molar-refractivity contribution is 5.90. The van der Waals surface area contributed by atoms with E-state index in [1.54, 1.807) is 0 Å². The second kappa shape index (κ2) is 10.4.